The van der Waals surface area contributed by atoms with E-state index in [1.165, 1.54) is 0 Å². The minimum atomic E-state index is 0.766. The zero-order valence-electron chi connectivity index (χ0n) is 15.4. The molecule has 0 unspecified atom stereocenters. The minimum absolute atomic E-state index is 0.766. The van der Waals surface area contributed by atoms with E-state index in [1.807, 2.05) is 78.3 Å². The van der Waals surface area contributed by atoms with Gasteiger partial charge in [-0.2, -0.15) is 5.10 Å². The maximum absolute atomic E-state index is 5.06. The maximum atomic E-state index is 5.06. The standard InChI is InChI=1S/C24H18N4/c1-17-21-24(28(27-17)20-15-9-4-10-16-20)26-23(19-13-7-3-8-14-19)22(25-21)18-11-5-2-6-12-18/h2-16H,1H3. The van der Waals surface area contributed by atoms with E-state index < -0.39 is 0 Å². The van der Waals surface area contributed by atoms with Crippen LogP contribution in [0.3, 0.4) is 0 Å². The number of hydrogen-bond donors (Lipinski definition) is 0. The van der Waals surface area contributed by atoms with Crippen molar-refractivity contribution < 1.29 is 0 Å². The van der Waals surface area contributed by atoms with Crippen molar-refractivity contribution in [2.24, 2.45) is 0 Å². The Labute approximate surface area is 163 Å². The molecular formula is C24H18N4. The summed E-state index contributed by atoms with van der Waals surface area (Å²) in [5, 5.41) is 4.72. The number of aryl methyl sites for hydroxylation is 1. The molecule has 0 aliphatic carbocycles. The normalized spacial score (nSPS) is 11.0. The maximum Gasteiger partial charge on any atom is 0.182 e. The smallest absolute Gasteiger partial charge is 0.182 e. The number of benzene rings is 3. The molecule has 0 fully saturated rings. The SMILES string of the molecule is Cc1nn(-c2ccccc2)c2nc(-c3ccccc3)c(-c3ccccc3)nc12. The summed E-state index contributed by atoms with van der Waals surface area (Å²) in [6.07, 6.45) is 0. The Kier molecular flexibility index (Phi) is 3.95. The number of fused-ring (bicyclic) bond motifs is 1. The Balaban J connectivity index is 1.84. The fraction of sp³-hybridized carbons (Fsp3) is 0.0417. The number of hydrogen-bond acceptors (Lipinski definition) is 3. The molecule has 0 radical (unpaired) electrons. The molecule has 134 valence electrons. The van der Waals surface area contributed by atoms with Gasteiger partial charge in [0.25, 0.3) is 0 Å². The van der Waals surface area contributed by atoms with E-state index in [0.717, 1.165) is 45.1 Å². The van der Waals surface area contributed by atoms with Crippen molar-refractivity contribution in [3.05, 3.63) is 96.7 Å². The van der Waals surface area contributed by atoms with Gasteiger partial charge in [-0.25, -0.2) is 14.6 Å². The predicted octanol–water partition coefficient (Wildman–Crippen LogP) is 5.46. The first kappa shape index (κ1) is 16.4. The van der Waals surface area contributed by atoms with Crippen molar-refractivity contribution in [1.29, 1.82) is 0 Å². The topological polar surface area (TPSA) is 43.6 Å². The van der Waals surface area contributed by atoms with Crippen molar-refractivity contribution in [3.8, 4) is 28.2 Å². The number of aromatic nitrogens is 4. The summed E-state index contributed by atoms with van der Waals surface area (Å²) in [5.41, 5.74) is 7.23. The van der Waals surface area contributed by atoms with Gasteiger partial charge in [-0.05, 0) is 19.1 Å². The van der Waals surface area contributed by atoms with Gasteiger partial charge in [-0.15, -0.1) is 0 Å². The number of para-hydroxylation sites is 1. The summed E-state index contributed by atoms with van der Waals surface area (Å²) in [6, 6.07) is 30.4. The van der Waals surface area contributed by atoms with Gasteiger partial charge in [0.2, 0.25) is 0 Å². The molecule has 4 nitrogen and oxygen atoms in total. The van der Waals surface area contributed by atoms with Crippen molar-refractivity contribution in [1.82, 2.24) is 19.7 Å². The van der Waals surface area contributed by atoms with Crippen LogP contribution in [-0.4, -0.2) is 19.7 Å². The summed E-state index contributed by atoms with van der Waals surface area (Å²) < 4.78 is 1.87. The lowest BCUT2D eigenvalue weighted by Gasteiger charge is -2.10. The highest BCUT2D eigenvalue weighted by atomic mass is 15.3. The van der Waals surface area contributed by atoms with E-state index in [-0.39, 0.29) is 0 Å². The van der Waals surface area contributed by atoms with Crippen LogP contribution in [-0.2, 0) is 0 Å². The Morgan fingerprint density at radius 1 is 0.607 bits per heavy atom. The molecule has 0 saturated carbocycles. The molecule has 0 spiro atoms. The van der Waals surface area contributed by atoms with Crippen LogP contribution < -0.4 is 0 Å². The quantitative estimate of drug-likeness (QED) is 0.428. The third-order valence-corrected chi connectivity index (χ3v) is 4.77. The summed E-state index contributed by atoms with van der Waals surface area (Å²) in [5.74, 6) is 0. The molecule has 0 N–H and O–H groups in total. The predicted molar refractivity (Wildman–Crippen MR) is 112 cm³/mol. The van der Waals surface area contributed by atoms with Crippen molar-refractivity contribution in [2.45, 2.75) is 6.92 Å². The molecule has 2 aromatic heterocycles. The fourth-order valence-corrected chi connectivity index (χ4v) is 3.41. The lowest BCUT2D eigenvalue weighted by atomic mass is 10.0. The van der Waals surface area contributed by atoms with Crippen LogP contribution in [0.2, 0.25) is 0 Å². The molecule has 0 bridgehead atoms. The zero-order chi connectivity index (χ0) is 18.9. The van der Waals surface area contributed by atoms with Crippen molar-refractivity contribution in [2.75, 3.05) is 0 Å². The largest absolute Gasteiger partial charge is 0.240 e. The van der Waals surface area contributed by atoms with E-state index in [1.54, 1.807) is 0 Å². The van der Waals surface area contributed by atoms with Gasteiger partial charge in [0.15, 0.2) is 5.65 Å². The second-order valence-electron chi connectivity index (χ2n) is 6.66. The van der Waals surface area contributed by atoms with Crippen LogP contribution in [0.1, 0.15) is 5.69 Å². The minimum Gasteiger partial charge on any atom is -0.240 e. The monoisotopic (exact) mass is 362 g/mol. The molecule has 4 heteroatoms. The van der Waals surface area contributed by atoms with Gasteiger partial charge in [0, 0.05) is 11.1 Å². The van der Waals surface area contributed by atoms with E-state index in [2.05, 4.69) is 24.3 Å². The van der Waals surface area contributed by atoms with Crippen LogP contribution >= 0.6 is 0 Å². The molecule has 0 amide bonds. The van der Waals surface area contributed by atoms with Gasteiger partial charge in [0.05, 0.1) is 22.8 Å². The summed E-state index contributed by atoms with van der Waals surface area (Å²) in [7, 11) is 0. The van der Waals surface area contributed by atoms with Crippen LogP contribution in [0.5, 0.6) is 0 Å². The molecule has 5 aromatic rings. The van der Waals surface area contributed by atoms with E-state index in [4.69, 9.17) is 15.1 Å². The molecule has 0 aliphatic heterocycles. The lowest BCUT2D eigenvalue weighted by molar-refractivity contribution is 0.878. The van der Waals surface area contributed by atoms with Gasteiger partial charge < -0.3 is 0 Å². The van der Waals surface area contributed by atoms with Crippen molar-refractivity contribution >= 4 is 11.2 Å². The molecule has 0 aliphatic rings. The highest BCUT2D eigenvalue weighted by molar-refractivity contribution is 5.86. The Morgan fingerprint density at radius 3 is 1.68 bits per heavy atom. The van der Waals surface area contributed by atoms with E-state index in [9.17, 15) is 0 Å². The Morgan fingerprint density at radius 2 is 1.11 bits per heavy atom. The summed E-state index contributed by atoms with van der Waals surface area (Å²) >= 11 is 0. The first-order chi connectivity index (χ1) is 13.8. The Hall–Kier alpha value is -3.79. The van der Waals surface area contributed by atoms with E-state index >= 15 is 0 Å². The average molecular weight is 362 g/mol. The molecular weight excluding hydrogens is 344 g/mol. The third kappa shape index (κ3) is 2.76. The second kappa shape index (κ2) is 6.74. The van der Waals surface area contributed by atoms with Gasteiger partial charge >= 0.3 is 0 Å². The Bertz CT molecular complexity index is 1240. The first-order valence-electron chi connectivity index (χ1n) is 9.25. The zero-order valence-corrected chi connectivity index (χ0v) is 15.4. The summed E-state index contributed by atoms with van der Waals surface area (Å²) in [4.78, 5) is 10.1. The highest BCUT2D eigenvalue weighted by Gasteiger charge is 2.18. The van der Waals surface area contributed by atoms with Gasteiger partial charge in [-0.1, -0.05) is 78.9 Å². The van der Waals surface area contributed by atoms with Crippen LogP contribution in [0.4, 0.5) is 0 Å². The number of nitrogens with zero attached hydrogens (tertiary/aromatic N) is 4. The number of rotatable bonds is 3. The second-order valence-corrected chi connectivity index (χ2v) is 6.66. The van der Waals surface area contributed by atoms with Crippen LogP contribution in [0.25, 0.3) is 39.4 Å². The molecule has 5 rings (SSSR count). The molecule has 0 saturated heterocycles. The van der Waals surface area contributed by atoms with Crippen molar-refractivity contribution in [3.63, 3.8) is 0 Å². The van der Waals surface area contributed by atoms with E-state index in [0.29, 0.717) is 0 Å². The van der Waals surface area contributed by atoms with Gasteiger partial charge in [0.1, 0.15) is 5.52 Å². The molecule has 0 atom stereocenters. The molecule has 28 heavy (non-hydrogen) atoms. The molecule has 3 aromatic carbocycles. The lowest BCUT2D eigenvalue weighted by Crippen LogP contribution is -2.00. The summed E-state index contributed by atoms with van der Waals surface area (Å²) in [6.45, 7) is 1.98. The van der Waals surface area contributed by atoms with Gasteiger partial charge in [-0.3, -0.25) is 0 Å². The highest BCUT2D eigenvalue weighted by Crippen LogP contribution is 2.32. The van der Waals surface area contributed by atoms with Crippen LogP contribution in [0, 0.1) is 6.92 Å². The average Bonchev–Trinajstić information content (AvgIpc) is 3.10. The molecule has 2 heterocycles. The van der Waals surface area contributed by atoms with Crippen LogP contribution in [0.15, 0.2) is 91.0 Å². The fourth-order valence-electron chi connectivity index (χ4n) is 3.41. The first-order valence-corrected chi connectivity index (χ1v) is 9.25. The third-order valence-electron chi connectivity index (χ3n) is 4.77.